The smallest absolute Gasteiger partial charge is 0.250 e. The maximum absolute atomic E-state index is 13.6. The van der Waals surface area contributed by atoms with E-state index in [4.69, 9.17) is 0 Å². The molecule has 0 aliphatic carbocycles. The molecule has 0 radical (unpaired) electrons. The molecule has 0 saturated heterocycles. The van der Waals surface area contributed by atoms with Crippen LogP contribution >= 0.6 is 35.3 Å². The summed E-state index contributed by atoms with van der Waals surface area (Å²) in [6, 6.07) is 9.71. The van der Waals surface area contributed by atoms with Crippen LogP contribution in [0.1, 0.15) is 12.5 Å². The van der Waals surface area contributed by atoms with Crippen LogP contribution in [0.4, 0.5) is 4.39 Å². The summed E-state index contributed by atoms with van der Waals surface area (Å²) in [5, 5.41) is 7.77. The molecule has 2 rings (SSSR count). The van der Waals surface area contributed by atoms with Crippen molar-refractivity contribution in [2.45, 2.75) is 17.7 Å². The van der Waals surface area contributed by atoms with Gasteiger partial charge in [-0.25, -0.2) is 22.5 Å². The highest BCUT2D eigenvalue weighted by molar-refractivity contribution is 14.0. The first kappa shape index (κ1) is 22.8. The number of rotatable bonds is 8. The number of hydrogen-bond donors (Lipinski definition) is 3. The molecule has 0 aliphatic rings. The number of benzene rings is 1. The Morgan fingerprint density at radius 3 is 2.58 bits per heavy atom. The maximum atomic E-state index is 13.6. The molecule has 0 bridgehead atoms. The summed E-state index contributed by atoms with van der Waals surface area (Å²) < 4.78 is 40.4. The minimum absolute atomic E-state index is 0. The first-order valence-electron chi connectivity index (χ1n) is 7.81. The second-order valence-electron chi connectivity index (χ2n) is 5.04. The zero-order valence-corrected chi connectivity index (χ0v) is 18.2. The van der Waals surface area contributed by atoms with Gasteiger partial charge in [-0.2, -0.15) is 0 Å². The first-order valence-corrected chi connectivity index (χ1v) is 10.2. The number of aliphatic imine (C=N–C) groups is 1. The van der Waals surface area contributed by atoms with E-state index in [0.29, 0.717) is 24.6 Å². The van der Waals surface area contributed by atoms with Crippen molar-refractivity contribution in [1.29, 1.82) is 0 Å². The van der Waals surface area contributed by atoms with Crippen molar-refractivity contribution in [3.8, 4) is 0 Å². The third-order valence-electron chi connectivity index (χ3n) is 3.18. The molecule has 6 nitrogen and oxygen atoms in total. The Balaban J connectivity index is 0.00000338. The lowest BCUT2D eigenvalue weighted by molar-refractivity contribution is 0.582. The fourth-order valence-corrected chi connectivity index (χ4v) is 4.06. The number of nitrogens with one attached hydrogen (secondary N) is 3. The molecule has 0 fully saturated rings. The van der Waals surface area contributed by atoms with Crippen LogP contribution in [-0.4, -0.2) is 34.0 Å². The van der Waals surface area contributed by atoms with Crippen LogP contribution in [0.5, 0.6) is 0 Å². The molecule has 0 atom stereocenters. The van der Waals surface area contributed by atoms with E-state index in [1.807, 2.05) is 6.92 Å². The summed E-state index contributed by atoms with van der Waals surface area (Å²) >= 11 is 1.17. The standard InChI is InChI=1S/C16H21FN4O2S2.HI/c1-2-18-16(20-12-13-6-3-4-7-14(13)17)19-9-10-21-25(22,23)15-8-5-11-24-15;/h3-8,11,21H,2,9-10,12H2,1H3,(H2,18,19,20);1H. The van der Waals surface area contributed by atoms with Gasteiger partial charge in [-0.3, -0.25) is 0 Å². The van der Waals surface area contributed by atoms with Gasteiger partial charge in [0.15, 0.2) is 5.96 Å². The summed E-state index contributed by atoms with van der Waals surface area (Å²) in [5.41, 5.74) is 0.498. The lowest BCUT2D eigenvalue weighted by Gasteiger charge is -2.12. The van der Waals surface area contributed by atoms with Gasteiger partial charge in [-0.1, -0.05) is 24.3 Å². The highest BCUT2D eigenvalue weighted by Gasteiger charge is 2.13. The molecule has 1 heterocycles. The number of halogens is 2. The highest BCUT2D eigenvalue weighted by atomic mass is 127. The average Bonchev–Trinajstić information content (AvgIpc) is 3.13. The van der Waals surface area contributed by atoms with E-state index in [1.54, 1.807) is 35.7 Å². The molecule has 26 heavy (non-hydrogen) atoms. The van der Waals surface area contributed by atoms with Crippen LogP contribution in [0.15, 0.2) is 51.0 Å². The Kier molecular flexibility index (Phi) is 10.1. The lowest BCUT2D eigenvalue weighted by Crippen LogP contribution is -2.41. The molecule has 0 unspecified atom stereocenters. The summed E-state index contributed by atoms with van der Waals surface area (Å²) in [7, 11) is -3.47. The normalized spacial score (nSPS) is 11.7. The molecule has 1 aromatic heterocycles. The molecule has 1 aromatic carbocycles. The molecule has 0 aliphatic heterocycles. The average molecular weight is 512 g/mol. The number of guanidine groups is 1. The minimum Gasteiger partial charge on any atom is -0.357 e. The predicted octanol–water partition coefficient (Wildman–Crippen LogP) is 2.54. The van der Waals surface area contributed by atoms with Crippen molar-refractivity contribution in [1.82, 2.24) is 15.4 Å². The number of hydrogen-bond acceptors (Lipinski definition) is 4. The van der Waals surface area contributed by atoms with Crippen molar-refractivity contribution in [3.05, 3.63) is 53.2 Å². The Morgan fingerprint density at radius 2 is 1.92 bits per heavy atom. The maximum Gasteiger partial charge on any atom is 0.250 e. The monoisotopic (exact) mass is 512 g/mol. The SMILES string of the molecule is CCNC(=NCc1ccccc1F)NCCNS(=O)(=O)c1cccs1.I. The van der Waals surface area contributed by atoms with Gasteiger partial charge in [-0.05, 0) is 24.4 Å². The van der Waals surface area contributed by atoms with Gasteiger partial charge < -0.3 is 10.6 Å². The number of sulfonamides is 1. The zero-order valence-electron chi connectivity index (χ0n) is 14.2. The Labute approximate surface area is 174 Å². The topological polar surface area (TPSA) is 82.6 Å². The van der Waals surface area contributed by atoms with Gasteiger partial charge in [0.1, 0.15) is 10.0 Å². The van der Waals surface area contributed by atoms with E-state index in [9.17, 15) is 12.8 Å². The molecule has 10 heteroatoms. The number of thiophene rings is 1. The largest absolute Gasteiger partial charge is 0.357 e. The van der Waals surface area contributed by atoms with Crippen molar-refractivity contribution in [2.24, 2.45) is 4.99 Å². The van der Waals surface area contributed by atoms with Crippen molar-refractivity contribution < 1.29 is 12.8 Å². The van der Waals surface area contributed by atoms with Gasteiger partial charge >= 0.3 is 0 Å². The Hall–Kier alpha value is -1.24. The van der Waals surface area contributed by atoms with Crippen molar-refractivity contribution >= 4 is 51.3 Å². The van der Waals surface area contributed by atoms with Gasteiger partial charge in [0.2, 0.25) is 10.0 Å². The molecule has 0 spiro atoms. The highest BCUT2D eigenvalue weighted by Crippen LogP contribution is 2.14. The van der Waals surface area contributed by atoms with Crippen LogP contribution in [0.3, 0.4) is 0 Å². The third kappa shape index (κ3) is 7.17. The summed E-state index contributed by atoms with van der Waals surface area (Å²) in [6.45, 7) is 3.32. The van der Waals surface area contributed by atoms with Gasteiger partial charge in [-0.15, -0.1) is 35.3 Å². The molecular formula is C16H22FIN4O2S2. The second kappa shape index (κ2) is 11.5. The van der Waals surface area contributed by atoms with Crippen LogP contribution in [0, 0.1) is 5.82 Å². The molecular weight excluding hydrogens is 490 g/mol. The molecule has 144 valence electrons. The summed E-state index contributed by atoms with van der Waals surface area (Å²) in [5.74, 6) is 0.201. The molecule has 0 amide bonds. The summed E-state index contributed by atoms with van der Waals surface area (Å²) in [6.07, 6.45) is 0. The van der Waals surface area contributed by atoms with E-state index >= 15 is 0 Å². The van der Waals surface area contributed by atoms with Gasteiger partial charge in [0, 0.05) is 25.2 Å². The molecule has 2 aromatic rings. The third-order valence-corrected chi connectivity index (χ3v) is 6.04. The van der Waals surface area contributed by atoms with E-state index in [-0.39, 0.29) is 47.1 Å². The van der Waals surface area contributed by atoms with Crippen LogP contribution in [0.25, 0.3) is 0 Å². The molecule has 3 N–H and O–H groups in total. The van der Waals surface area contributed by atoms with E-state index < -0.39 is 10.0 Å². The van der Waals surface area contributed by atoms with E-state index in [0.717, 1.165) is 0 Å². The van der Waals surface area contributed by atoms with Crippen molar-refractivity contribution in [3.63, 3.8) is 0 Å². The molecule has 0 saturated carbocycles. The Bertz CT molecular complexity index is 798. The predicted molar refractivity (Wildman–Crippen MR) is 114 cm³/mol. The lowest BCUT2D eigenvalue weighted by atomic mass is 10.2. The van der Waals surface area contributed by atoms with E-state index in [2.05, 4.69) is 20.3 Å². The second-order valence-corrected chi connectivity index (χ2v) is 7.98. The van der Waals surface area contributed by atoms with Crippen LogP contribution < -0.4 is 15.4 Å². The zero-order chi connectivity index (χ0) is 18.1. The number of nitrogens with zero attached hydrogens (tertiary/aromatic N) is 1. The van der Waals surface area contributed by atoms with Crippen LogP contribution in [-0.2, 0) is 16.6 Å². The fourth-order valence-electron chi connectivity index (χ4n) is 1.99. The summed E-state index contributed by atoms with van der Waals surface area (Å²) in [4.78, 5) is 4.31. The van der Waals surface area contributed by atoms with Gasteiger partial charge in [0.05, 0.1) is 6.54 Å². The van der Waals surface area contributed by atoms with Crippen molar-refractivity contribution in [2.75, 3.05) is 19.6 Å². The first-order chi connectivity index (χ1) is 12.0. The Morgan fingerprint density at radius 1 is 1.15 bits per heavy atom. The van der Waals surface area contributed by atoms with Crippen LogP contribution in [0.2, 0.25) is 0 Å². The fraction of sp³-hybridized carbons (Fsp3) is 0.312. The van der Waals surface area contributed by atoms with Gasteiger partial charge in [0.25, 0.3) is 0 Å². The minimum atomic E-state index is -3.47. The quantitative estimate of drug-likeness (QED) is 0.220. The van der Waals surface area contributed by atoms with E-state index in [1.165, 1.54) is 17.4 Å².